The lowest BCUT2D eigenvalue weighted by molar-refractivity contribution is 0.0950. The smallest absolute Gasteiger partial charge is 0.251 e. The van der Waals surface area contributed by atoms with E-state index in [-0.39, 0.29) is 5.91 Å². The third kappa shape index (κ3) is 5.70. The topological polar surface area (TPSA) is 94.4 Å². The van der Waals surface area contributed by atoms with Crippen LogP contribution in [0.25, 0.3) is 16.9 Å². The van der Waals surface area contributed by atoms with E-state index in [2.05, 4.69) is 28.8 Å². The van der Waals surface area contributed by atoms with Crippen molar-refractivity contribution < 1.29 is 9.35 Å². The summed E-state index contributed by atoms with van der Waals surface area (Å²) in [6.07, 6.45) is 5.94. The Hall–Kier alpha value is -3.01. The Kier molecular flexibility index (Phi) is 7.32. The maximum Gasteiger partial charge on any atom is 0.251 e. The van der Waals surface area contributed by atoms with E-state index >= 15 is 0 Å². The summed E-state index contributed by atoms with van der Waals surface area (Å²) in [4.78, 5) is 18.5. The molecular weight excluding hydrogens is 514 g/mol. The van der Waals surface area contributed by atoms with Crippen molar-refractivity contribution in [2.24, 2.45) is 5.92 Å². The van der Waals surface area contributed by atoms with Gasteiger partial charge in [0.1, 0.15) is 16.5 Å². The lowest BCUT2D eigenvalue weighted by atomic mass is 10.0. The van der Waals surface area contributed by atoms with E-state index in [4.69, 9.17) is 10.1 Å². The van der Waals surface area contributed by atoms with Crippen molar-refractivity contribution in [2.45, 2.75) is 48.6 Å². The van der Waals surface area contributed by atoms with Gasteiger partial charge < -0.3 is 15.2 Å². The predicted molar refractivity (Wildman–Crippen MR) is 153 cm³/mol. The number of amides is 1. The van der Waals surface area contributed by atoms with E-state index in [9.17, 15) is 9.35 Å². The monoisotopic (exact) mass is 545 g/mol. The fourth-order valence-corrected chi connectivity index (χ4v) is 7.03. The van der Waals surface area contributed by atoms with Gasteiger partial charge in [0.15, 0.2) is 5.65 Å². The van der Waals surface area contributed by atoms with Gasteiger partial charge >= 0.3 is 0 Å². The lowest BCUT2D eigenvalue weighted by Crippen LogP contribution is -2.27. The van der Waals surface area contributed by atoms with E-state index in [0.29, 0.717) is 17.5 Å². The van der Waals surface area contributed by atoms with Crippen LogP contribution in [0.2, 0.25) is 0 Å². The number of benzene rings is 2. The molecule has 2 fully saturated rings. The van der Waals surface area contributed by atoms with Gasteiger partial charge in [0.25, 0.3) is 5.91 Å². The van der Waals surface area contributed by atoms with Crippen molar-refractivity contribution >= 4 is 40.2 Å². The third-order valence-electron chi connectivity index (χ3n) is 7.18. The highest BCUT2D eigenvalue weighted by molar-refractivity contribution is 7.99. The van der Waals surface area contributed by atoms with Crippen LogP contribution in [0.3, 0.4) is 0 Å². The van der Waals surface area contributed by atoms with Crippen LogP contribution in [0.4, 0.5) is 5.69 Å². The summed E-state index contributed by atoms with van der Waals surface area (Å²) >= 11 is 0.949. The van der Waals surface area contributed by atoms with Crippen LogP contribution < -0.4 is 10.6 Å². The first-order valence-corrected chi connectivity index (χ1v) is 15.5. The summed E-state index contributed by atoms with van der Waals surface area (Å²) in [7, 11) is 0. The van der Waals surface area contributed by atoms with Gasteiger partial charge in [-0.05, 0) is 74.4 Å². The van der Waals surface area contributed by atoms with Crippen molar-refractivity contribution in [1.82, 2.24) is 19.9 Å². The van der Waals surface area contributed by atoms with E-state index < -0.39 is 11.2 Å². The largest absolute Gasteiger partial charge is 0.616 e. The third-order valence-corrected chi connectivity index (χ3v) is 9.48. The van der Waals surface area contributed by atoms with Gasteiger partial charge in [-0.3, -0.25) is 4.79 Å². The number of fused-ring (bicyclic) bond motifs is 1. The highest BCUT2D eigenvalue weighted by atomic mass is 32.2. The van der Waals surface area contributed by atoms with E-state index in [1.807, 2.05) is 54.0 Å². The number of nitrogens with zero attached hydrogens (tertiary/aromatic N) is 3. The van der Waals surface area contributed by atoms with Gasteiger partial charge in [0, 0.05) is 28.6 Å². The molecule has 3 heterocycles. The Morgan fingerprint density at radius 1 is 1.11 bits per heavy atom. The van der Waals surface area contributed by atoms with Gasteiger partial charge in [0.2, 0.25) is 0 Å². The molecule has 1 aliphatic carbocycles. The number of carbonyl (C=O) groups is 1. The van der Waals surface area contributed by atoms with Gasteiger partial charge in [-0.25, -0.2) is 9.50 Å². The molecule has 4 aromatic rings. The van der Waals surface area contributed by atoms with Gasteiger partial charge in [0.05, 0.1) is 17.6 Å². The fraction of sp³-hybridized carbons (Fsp3) is 0.345. The minimum Gasteiger partial charge on any atom is -0.616 e. The molecule has 0 unspecified atom stereocenters. The average molecular weight is 546 g/mol. The van der Waals surface area contributed by atoms with E-state index in [1.54, 1.807) is 11.8 Å². The fourth-order valence-electron chi connectivity index (χ4n) is 4.80. The Morgan fingerprint density at radius 2 is 1.89 bits per heavy atom. The zero-order chi connectivity index (χ0) is 26.1. The van der Waals surface area contributed by atoms with Crippen molar-refractivity contribution in [1.29, 1.82) is 0 Å². The van der Waals surface area contributed by atoms with Gasteiger partial charge in [-0.2, -0.15) is 5.10 Å². The minimum absolute atomic E-state index is 0.00704. The molecule has 2 aromatic carbocycles. The van der Waals surface area contributed by atoms with Crippen LogP contribution in [-0.2, 0) is 11.2 Å². The van der Waals surface area contributed by atoms with Gasteiger partial charge in [-0.1, -0.05) is 47.2 Å². The number of carbonyl (C=O) groups excluding carboxylic acids is 1. The van der Waals surface area contributed by atoms with Crippen molar-refractivity contribution in [3.8, 4) is 11.3 Å². The molecule has 1 amide bonds. The summed E-state index contributed by atoms with van der Waals surface area (Å²) < 4.78 is 13.7. The van der Waals surface area contributed by atoms with Gasteiger partial charge in [-0.15, -0.1) is 0 Å². The standard InChI is InChI=1S/C29H31N5O2S2/c1-19-15-21(7-10-24(19)29(35)32-22-8-9-22)26-18-31-28-25(30-17-20-11-13-38(36)14-12-20)16-27(33-34(26)28)37-23-5-3-2-4-6-23/h2-7,10,15-16,18,20,22,30H,8-9,11-14,17H2,1H3,(H,32,35)/t20-,38-. The predicted octanol–water partition coefficient (Wildman–Crippen LogP) is 5.32. The second kappa shape index (κ2) is 11.0. The number of anilines is 1. The number of nitrogens with one attached hydrogen (secondary N) is 2. The SMILES string of the molecule is Cc1cc(-c2cnc3c(NC[C@H]4CC[S@+]([O-])CC4)cc(Sc4ccccc4)nn23)ccc1C(=O)NC1CC1. The van der Waals surface area contributed by atoms with Crippen molar-refractivity contribution in [3.05, 3.63) is 71.9 Å². The molecule has 1 saturated heterocycles. The summed E-state index contributed by atoms with van der Waals surface area (Å²) in [6, 6.07) is 18.5. The number of hydrogen-bond donors (Lipinski definition) is 2. The Balaban J connectivity index is 1.32. The number of aromatic nitrogens is 3. The van der Waals surface area contributed by atoms with Crippen LogP contribution in [0.5, 0.6) is 0 Å². The molecule has 38 heavy (non-hydrogen) atoms. The van der Waals surface area contributed by atoms with Crippen molar-refractivity contribution in [3.63, 3.8) is 0 Å². The summed E-state index contributed by atoms with van der Waals surface area (Å²) in [6.45, 7) is 2.79. The maximum atomic E-state index is 12.6. The molecule has 9 heteroatoms. The molecule has 2 aromatic heterocycles. The number of imidazole rings is 1. The normalized spacial score (nSPS) is 19.4. The Labute approximate surface area is 230 Å². The molecule has 7 nitrogen and oxygen atoms in total. The van der Waals surface area contributed by atoms with Crippen LogP contribution in [0.1, 0.15) is 41.6 Å². The van der Waals surface area contributed by atoms with E-state index in [1.165, 1.54) is 0 Å². The van der Waals surface area contributed by atoms with Crippen LogP contribution in [0.15, 0.2) is 70.7 Å². The van der Waals surface area contributed by atoms with Crippen LogP contribution >= 0.6 is 11.8 Å². The molecule has 0 atom stereocenters. The van der Waals surface area contributed by atoms with E-state index in [0.717, 1.165) is 81.8 Å². The lowest BCUT2D eigenvalue weighted by Gasteiger charge is -2.24. The second-order valence-corrected chi connectivity index (χ2v) is 12.9. The highest BCUT2D eigenvalue weighted by Gasteiger charge is 2.25. The highest BCUT2D eigenvalue weighted by Crippen LogP contribution is 2.32. The van der Waals surface area contributed by atoms with Crippen molar-refractivity contribution in [2.75, 3.05) is 23.4 Å². The molecule has 1 saturated carbocycles. The molecule has 0 radical (unpaired) electrons. The molecule has 0 bridgehead atoms. The molecule has 0 spiro atoms. The summed E-state index contributed by atoms with van der Waals surface area (Å²) in [5.74, 6) is 2.06. The molecule has 1 aliphatic heterocycles. The van der Waals surface area contributed by atoms with Crippen LogP contribution in [-0.4, -0.2) is 49.2 Å². The molecule has 2 aliphatic rings. The van der Waals surface area contributed by atoms with Crippen LogP contribution in [0, 0.1) is 12.8 Å². The minimum atomic E-state index is -0.665. The molecule has 6 rings (SSSR count). The molecular formula is C29H31N5O2S2. The first-order chi connectivity index (χ1) is 18.5. The average Bonchev–Trinajstić information content (AvgIpc) is 3.63. The number of aryl methyl sites for hydroxylation is 1. The first-order valence-electron chi connectivity index (χ1n) is 13.2. The molecule has 2 N–H and O–H groups in total. The maximum absolute atomic E-state index is 12.6. The quantitative estimate of drug-likeness (QED) is 0.291. The summed E-state index contributed by atoms with van der Waals surface area (Å²) in [5.41, 5.74) is 5.19. The zero-order valence-electron chi connectivity index (χ0n) is 21.4. The Morgan fingerprint density at radius 3 is 2.63 bits per heavy atom. The number of rotatable bonds is 8. The second-order valence-electron chi connectivity index (χ2n) is 10.1. The summed E-state index contributed by atoms with van der Waals surface area (Å²) in [5, 5.41) is 12.5. The zero-order valence-corrected chi connectivity index (χ0v) is 23.0. The first kappa shape index (κ1) is 25.3. The molecule has 196 valence electrons. The number of hydrogen-bond acceptors (Lipinski definition) is 6. The Bertz CT molecular complexity index is 1450.